The molecule has 1 aromatic carbocycles. The van der Waals surface area contributed by atoms with Gasteiger partial charge in [-0.1, -0.05) is 0 Å². The second-order valence-electron chi connectivity index (χ2n) is 8.20. The fourth-order valence-electron chi connectivity index (χ4n) is 3.72. The third-order valence-electron chi connectivity index (χ3n) is 5.51. The van der Waals surface area contributed by atoms with Crippen molar-refractivity contribution in [1.82, 2.24) is 15.3 Å². The number of aromatic nitrogens is 2. The molecule has 2 aromatic rings. The van der Waals surface area contributed by atoms with Crippen molar-refractivity contribution in [3.8, 4) is 0 Å². The predicted molar refractivity (Wildman–Crippen MR) is 114 cm³/mol. The topological polar surface area (TPSA) is 70.2 Å². The molecule has 0 unspecified atom stereocenters. The van der Waals surface area contributed by atoms with Crippen molar-refractivity contribution >= 4 is 17.5 Å². The number of halogens is 3. The zero-order valence-corrected chi connectivity index (χ0v) is 18.0. The molecule has 0 atom stereocenters. The number of carbonyl (C=O) groups excluding carboxylic acids is 1. The number of benzene rings is 1. The molecule has 6 nitrogen and oxygen atoms in total. The van der Waals surface area contributed by atoms with Crippen LogP contribution in [0.4, 0.5) is 24.8 Å². The summed E-state index contributed by atoms with van der Waals surface area (Å²) in [5.74, 6) is 2.39. The molecule has 0 saturated heterocycles. The van der Waals surface area contributed by atoms with E-state index in [4.69, 9.17) is 0 Å². The third kappa shape index (κ3) is 6.32. The smallest absolute Gasteiger partial charge is 0.367 e. The summed E-state index contributed by atoms with van der Waals surface area (Å²) in [7, 11) is 3.88. The van der Waals surface area contributed by atoms with Crippen LogP contribution in [0.2, 0.25) is 0 Å². The Balaban J connectivity index is 1.46. The van der Waals surface area contributed by atoms with Crippen molar-refractivity contribution in [1.29, 1.82) is 0 Å². The minimum absolute atomic E-state index is 0.235. The van der Waals surface area contributed by atoms with Gasteiger partial charge in [0.2, 0.25) is 0 Å². The normalized spacial score (nSPS) is 19.0. The molecule has 0 bridgehead atoms. The van der Waals surface area contributed by atoms with Crippen LogP contribution in [0.1, 0.15) is 47.4 Å². The fourth-order valence-corrected chi connectivity index (χ4v) is 3.72. The van der Waals surface area contributed by atoms with Crippen LogP contribution in [0.5, 0.6) is 0 Å². The average Bonchev–Trinajstić information content (AvgIpc) is 2.72. The van der Waals surface area contributed by atoms with Gasteiger partial charge in [0.05, 0.1) is 5.56 Å². The SMILES string of the molecule is Cc1nc(N[C@H]2CC[C@@H](CNC(=O)c3ccc(C(F)(F)F)cc3)CC2)cc(N(C)C)n1. The van der Waals surface area contributed by atoms with Crippen molar-refractivity contribution < 1.29 is 18.0 Å². The van der Waals surface area contributed by atoms with Crippen LogP contribution >= 0.6 is 0 Å². The minimum atomic E-state index is -4.40. The Kier molecular flexibility index (Phi) is 7.02. The first kappa shape index (κ1) is 22.8. The Labute approximate surface area is 180 Å². The average molecular weight is 435 g/mol. The Morgan fingerprint density at radius 2 is 1.74 bits per heavy atom. The second-order valence-corrected chi connectivity index (χ2v) is 8.20. The van der Waals surface area contributed by atoms with E-state index >= 15 is 0 Å². The van der Waals surface area contributed by atoms with Crippen LogP contribution in [0, 0.1) is 12.8 Å². The van der Waals surface area contributed by atoms with Gasteiger partial charge < -0.3 is 15.5 Å². The van der Waals surface area contributed by atoms with Gasteiger partial charge >= 0.3 is 6.18 Å². The van der Waals surface area contributed by atoms with E-state index in [1.165, 1.54) is 12.1 Å². The van der Waals surface area contributed by atoms with Crippen LogP contribution in [0.3, 0.4) is 0 Å². The van der Waals surface area contributed by atoms with E-state index in [2.05, 4.69) is 20.6 Å². The highest BCUT2D eigenvalue weighted by molar-refractivity contribution is 5.94. The molecule has 1 aromatic heterocycles. The van der Waals surface area contributed by atoms with Gasteiger partial charge in [0.1, 0.15) is 17.5 Å². The lowest BCUT2D eigenvalue weighted by atomic mass is 9.86. The summed E-state index contributed by atoms with van der Waals surface area (Å²) < 4.78 is 37.9. The van der Waals surface area contributed by atoms with Crippen molar-refractivity contribution in [3.63, 3.8) is 0 Å². The molecular weight excluding hydrogens is 407 g/mol. The lowest BCUT2D eigenvalue weighted by molar-refractivity contribution is -0.137. The summed E-state index contributed by atoms with van der Waals surface area (Å²) in [4.78, 5) is 23.1. The van der Waals surface area contributed by atoms with E-state index in [0.717, 1.165) is 49.5 Å². The van der Waals surface area contributed by atoms with E-state index in [1.54, 1.807) is 0 Å². The summed E-state index contributed by atoms with van der Waals surface area (Å²) in [6.07, 6.45) is -0.576. The van der Waals surface area contributed by atoms with Crippen LogP contribution in [0.25, 0.3) is 0 Å². The molecule has 168 valence electrons. The van der Waals surface area contributed by atoms with E-state index in [-0.39, 0.29) is 11.5 Å². The number of amides is 1. The molecule has 0 spiro atoms. The van der Waals surface area contributed by atoms with E-state index < -0.39 is 11.7 Å². The van der Waals surface area contributed by atoms with Crippen LogP contribution in [-0.2, 0) is 6.18 Å². The molecule has 1 fully saturated rings. The molecule has 1 aliphatic rings. The fraction of sp³-hybridized carbons (Fsp3) is 0.500. The largest absolute Gasteiger partial charge is 0.416 e. The minimum Gasteiger partial charge on any atom is -0.367 e. The first-order valence-corrected chi connectivity index (χ1v) is 10.4. The van der Waals surface area contributed by atoms with Crippen LogP contribution in [-0.4, -0.2) is 42.6 Å². The molecule has 3 rings (SSSR count). The highest BCUT2D eigenvalue weighted by atomic mass is 19.4. The molecule has 1 aliphatic carbocycles. The van der Waals surface area contributed by atoms with Crippen molar-refractivity contribution in [2.45, 2.75) is 44.8 Å². The first-order valence-electron chi connectivity index (χ1n) is 10.4. The molecule has 1 saturated carbocycles. The molecule has 2 N–H and O–H groups in total. The van der Waals surface area contributed by atoms with E-state index in [9.17, 15) is 18.0 Å². The summed E-state index contributed by atoms with van der Waals surface area (Å²) in [6.45, 7) is 2.39. The Hall–Kier alpha value is -2.84. The molecule has 1 heterocycles. The lowest BCUT2D eigenvalue weighted by Gasteiger charge is -2.29. The number of alkyl halides is 3. The number of nitrogens with zero attached hydrogens (tertiary/aromatic N) is 3. The van der Waals surface area contributed by atoms with Gasteiger partial charge in [-0.25, -0.2) is 9.97 Å². The van der Waals surface area contributed by atoms with Crippen LogP contribution in [0.15, 0.2) is 30.3 Å². The molecule has 9 heteroatoms. The van der Waals surface area contributed by atoms with Gasteiger partial charge in [-0.3, -0.25) is 4.79 Å². The quantitative estimate of drug-likeness (QED) is 0.709. The summed E-state index contributed by atoms with van der Waals surface area (Å²) in [5, 5.41) is 6.34. The number of nitrogens with one attached hydrogen (secondary N) is 2. The number of anilines is 2. The number of hydrogen-bond donors (Lipinski definition) is 2. The zero-order chi connectivity index (χ0) is 22.6. The van der Waals surface area contributed by atoms with Crippen molar-refractivity contribution in [2.24, 2.45) is 5.92 Å². The summed E-state index contributed by atoms with van der Waals surface area (Å²) in [6, 6.07) is 6.54. The molecule has 0 aliphatic heterocycles. The van der Waals surface area contributed by atoms with E-state index in [0.29, 0.717) is 24.3 Å². The van der Waals surface area contributed by atoms with E-state index in [1.807, 2.05) is 32.0 Å². The predicted octanol–water partition coefficient (Wildman–Crippen LogP) is 4.27. The Morgan fingerprint density at radius 3 is 2.32 bits per heavy atom. The highest BCUT2D eigenvalue weighted by Crippen LogP contribution is 2.29. The number of carbonyl (C=O) groups is 1. The van der Waals surface area contributed by atoms with Crippen LogP contribution < -0.4 is 15.5 Å². The molecule has 1 amide bonds. The van der Waals surface area contributed by atoms with Gasteiger partial charge in [-0.15, -0.1) is 0 Å². The number of hydrogen-bond acceptors (Lipinski definition) is 5. The first-order chi connectivity index (χ1) is 14.6. The zero-order valence-electron chi connectivity index (χ0n) is 18.0. The van der Waals surface area contributed by atoms with Gasteiger partial charge in [-0.2, -0.15) is 13.2 Å². The summed E-state index contributed by atoms with van der Waals surface area (Å²) in [5.41, 5.74) is -0.523. The van der Waals surface area contributed by atoms with Crippen molar-refractivity contribution in [3.05, 3.63) is 47.3 Å². The maximum absolute atomic E-state index is 12.6. The Bertz CT molecular complexity index is 891. The standard InChI is InChI=1S/C22H28F3N5O/c1-14-27-19(12-20(28-14)30(2)3)29-18-10-4-15(5-11-18)13-26-21(31)16-6-8-17(9-7-16)22(23,24)25/h6-9,12,15,18H,4-5,10-11,13H2,1-3H3,(H,26,31)(H,27,28,29)/t15-,18+. The van der Waals surface area contributed by atoms with Gasteiger partial charge in [0.25, 0.3) is 5.91 Å². The number of aryl methyl sites for hydroxylation is 1. The second kappa shape index (κ2) is 9.53. The molecule has 31 heavy (non-hydrogen) atoms. The monoisotopic (exact) mass is 435 g/mol. The third-order valence-corrected chi connectivity index (χ3v) is 5.51. The molecular formula is C22H28F3N5O. The van der Waals surface area contributed by atoms with Gasteiger partial charge in [0.15, 0.2) is 0 Å². The maximum atomic E-state index is 12.6. The van der Waals surface area contributed by atoms with Gasteiger partial charge in [-0.05, 0) is 62.8 Å². The van der Waals surface area contributed by atoms with Gasteiger partial charge in [0, 0.05) is 38.3 Å². The molecule has 0 radical (unpaired) electrons. The highest BCUT2D eigenvalue weighted by Gasteiger charge is 2.30. The maximum Gasteiger partial charge on any atom is 0.416 e. The number of rotatable bonds is 6. The Morgan fingerprint density at radius 1 is 1.10 bits per heavy atom. The summed E-state index contributed by atoms with van der Waals surface area (Å²) >= 11 is 0. The van der Waals surface area contributed by atoms with Crippen molar-refractivity contribution in [2.75, 3.05) is 30.9 Å². The lowest BCUT2D eigenvalue weighted by Crippen LogP contribution is -2.34.